The molecule has 0 aromatic carbocycles. The summed E-state index contributed by atoms with van der Waals surface area (Å²) >= 11 is 0. The van der Waals surface area contributed by atoms with Gasteiger partial charge in [-0.1, -0.05) is 37.8 Å². The number of likely N-dealkylation sites (N-methyl/N-ethyl adjacent to an activating group) is 1. The molecule has 0 atom stereocenters. The van der Waals surface area contributed by atoms with E-state index in [-0.39, 0.29) is 11.8 Å². The fraction of sp³-hybridized carbons (Fsp3) is 0.778. The van der Waals surface area contributed by atoms with E-state index in [1.54, 1.807) is 0 Å². The monoisotopic (exact) mass is 365 g/mol. The Morgan fingerprint density at radius 1 is 1.15 bits per heavy atom. The van der Waals surface area contributed by atoms with E-state index >= 15 is 0 Å². The van der Waals surface area contributed by atoms with Crippen molar-refractivity contribution < 1.29 is 14.1 Å². The van der Waals surface area contributed by atoms with Crippen LogP contribution in [-0.4, -0.2) is 41.6 Å². The van der Waals surface area contributed by atoms with Crippen LogP contribution >= 0.6 is 0 Å². The molecule has 1 heterocycles. The molecule has 0 spiro atoms. The molecule has 1 fully saturated rings. The molecule has 2 amide bonds. The van der Waals surface area contributed by atoms with E-state index in [0.717, 1.165) is 51.6 Å². The van der Waals surface area contributed by atoms with Crippen molar-refractivity contribution in [1.29, 1.82) is 0 Å². The van der Waals surface area contributed by atoms with E-state index in [1.165, 1.54) is 6.92 Å². The summed E-state index contributed by atoms with van der Waals surface area (Å²) < 4.78 is 5.35. The molecule has 3 N–H and O–H groups in total. The minimum Gasteiger partial charge on any atom is -0.355 e. The molecule has 1 saturated carbocycles. The number of aromatic nitrogens is 2. The highest BCUT2D eigenvalue weighted by molar-refractivity contribution is 5.76. The van der Waals surface area contributed by atoms with Crippen molar-refractivity contribution >= 4 is 11.8 Å². The predicted molar refractivity (Wildman–Crippen MR) is 97.4 cm³/mol. The van der Waals surface area contributed by atoms with Crippen LogP contribution in [0.4, 0.5) is 0 Å². The average Bonchev–Trinajstić information content (AvgIpc) is 2.97. The minimum absolute atomic E-state index is 0.0336. The van der Waals surface area contributed by atoms with E-state index in [1.807, 2.05) is 6.92 Å². The number of aryl methyl sites for hydroxylation is 1. The summed E-state index contributed by atoms with van der Waals surface area (Å²) in [6.07, 6.45) is 6.69. The van der Waals surface area contributed by atoms with Gasteiger partial charge in [0.25, 0.3) is 0 Å². The van der Waals surface area contributed by atoms with Crippen LogP contribution in [0.25, 0.3) is 0 Å². The van der Waals surface area contributed by atoms with Crippen molar-refractivity contribution in [2.75, 3.05) is 19.6 Å². The quantitative estimate of drug-likeness (QED) is 0.451. The zero-order chi connectivity index (χ0) is 18.8. The van der Waals surface area contributed by atoms with Gasteiger partial charge in [-0.2, -0.15) is 4.98 Å². The predicted octanol–water partition coefficient (Wildman–Crippen LogP) is 1.41. The van der Waals surface area contributed by atoms with Crippen molar-refractivity contribution in [2.45, 2.75) is 70.8 Å². The maximum Gasteiger partial charge on any atom is 0.227 e. The summed E-state index contributed by atoms with van der Waals surface area (Å²) in [7, 11) is 0. The Hall–Kier alpha value is -1.96. The fourth-order valence-electron chi connectivity index (χ4n) is 3.40. The molecule has 1 aliphatic rings. The maximum atomic E-state index is 11.9. The lowest BCUT2D eigenvalue weighted by molar-refractivity contribution is -0.122. The van der Waals surface area contributed by atoms with Gasteiger partial charge in [0.05, 0.1) is 0 Å². The van der Waals surface area contributed by atoms with Crippen LogP contribution in [0.2, 0.25) is 0 Å². The molecule has 0 unspecified atom stereocenters. The first-order valence-corrected chi connectivity index (χ1v) is 9.65. The number of hydrogen-bond donors (Lipinski definition) is 3. The van der Waals surface area contributed by atoms with Crippen molar-refractivity contribution in [3.63, 3.8) is 0 Å². The highest BCUT2D eigenvalue weighted by Crippen LogP contribution is 2.34. The Morgan fingerprint density at radius 3 is 2.54 bits per heavy atom. The molecular weight excluding hydrogens is 334 g/mol. The standard InChI is InChI=1S/C18H31N5O3/c1-3-19-12-13-20-15(25)8-9-16-21-17(23-26-16)18(22-14(2)24)10-6-4-5-7-11-18/h19H,3-13H2,1-2H3,(H,20,25)(H,22,24). The summed E-state index contributed by atoms with van der Waals surface area (Å²) in [6, 6.07) is 0. The number of nitrogens with zero attached hydrogens (tertiary/aromatic N) is 2. The summed E-state index contributed by atoms with van der Waals surface area (Å²) in [5.41, 5.74) is -0.543. The smallest absolute Gasteiger partial charge is 0.227 e. The second kappa shape index (κ2) is 10.3. The van der Waals surface area contributed by atoms with Gasteiger partial charge in [0.2, 0.25) is 17.7 Å². The lowest BCUT2D eigenvalue weighted by atomic mass is 9.89. The van der Waals surface area contributed by atoms with Crippen LogP contribution in [0, 0.1) is 0 Å². The summed E-state index contributed by atoms with van der Waals surface area (Å²) in [6.45, 7) is 5.79. The zero-order valence-electron chi connectivity index (χ0n) is 15.9. The van der Waals surface area contributed by atoms with Gasteiger partial charge in [0.1, 0.15) is 5.54 Å². The van der Waals surface area contributed by atoms with Crippen molar-refractivity contribution in [1.82, 2.24) is 26.1 Å². The number of carbonyl (C=O) groups excluding carboxylic acids is 2. The molecule has 0 bridgehead atoms. The van der Waals surface area contributed by atoms with Crippen LogP contribution in [0.15, 0.2) is 4.52 Å². The van der Waals surface area contributed by atoms with Crippen LogP contribution < -0.4 is 16.0 Å². The molecular formula is C18H31N5O3. The highest BCUT2D eigenvalue weighted by Gasteiger charge is 2.38. The largest absolute Gasteiger partial charge is 0.355 e. The van der Waals surface area contributed by atoms with Crippen molar-refractivity contribution in [3.8, 4) is 0 Å². The van der Waals surface area contributed by atoms with Gasteiger partial charge in [-0.25, -0.2) is 0 Å². The third kappa shape index (κ3) is 6.09. The Labute approximate surface area is 154 Å². The van der Waals surface area contributed by atoms with Crippen LogP contribution in [-0.2, 0) is 21.5 Å². The number of carbonyl (C=O) groups is 2. The van der Waals surface area contributed by atoms with E-state index in [2.05, 4.69) is 26.1 Å². The Morgan fingerprint density at radius 2 is 1.88 bits per heavy atom. The van der Waals surface area contributed by atoms with Crippen molar-refractivity contribution in [3.05, 3.63) is 11.7 Å². The lowest BCUT2D eigenvalue weighted by Crippen LogP contribution is -2.45. The molecule has 2 rings (SSSR count). The van der Waals surface area contributed by atoms with Gasteiger partial charge in [0, 0.05) is 32.9 Å². The first-order chi connectivity index (χ1) is 12.6. The molecule has 8 nitrogen and oxygen atoms in total. The zero-order valence-corrected chi connectivity index (χ0v) is 15.9. The molecule has 1 aromatic heterocycles. The van der Waals surface area contributed by atoms with Gasteiger partial charge in [-0.3, -0.25) is 9.59 Å². The van der Waals surface area contributed by atoms with Gasteiger partial charge >= 0.3 is 0 Å². The maximum absolute atomic E-state index is 11.9. The van der Waals surface area contributed by atoms with Gasteiger partial charge in [-0.05, 0) is 19.4 Å². The number of rotatable bonds is 9. The van der Waals surface area contributed by atoms with Gasteiger partial charge in [0.15, 0.2) is 5.82 Å². The van der Waals surface area contributed by atoms with E-state index in [4.69, 9.17) is 4.52 Å². The fourth-order valence-corrected chi connectivity index (χ4v) is 3.40. The SMILES string of the molecule is CCNCCNC(=O)CCc1nc(C2(NC(C)=O)CCCCCC2)no1. The van der Waals surface area contributed by atoms with Gasteiger partial charge < -0.3 is 20.5 Å². The summed E-state index contributed by atoms with van der Waals surface area (Å²) in [5.74, 6) is 0.861. The van der Waals surface area contributed by atoms with Crippen LogP contribution in [0.1, 0.15) is 70.5 Å². The normalized spacial score (nSPS) is 16.7. The Balaban J connectivity index is 1.93. The second-order valence-electron chi connectivity index (χ2n) is 6.89. The first kappa shape index (κ1) is 20.4. The van der Waals surface area contributed by atoms with E-state index < -0.39 is 5.54 Å². The highest BCUT2D eigenvalue weighted by atomic mass is 16.5. The molecule has 0 radical (unpaired) electrons. The third-order valence-corrected chi connectivity index (χ3v) is 4.71. The number of amides is 2. The molecule has 146 valence electrons. The van der Waals surface area contributed by atoms with E-state index in [0.29, 0.717) is 31.1 Å². The first-order valence-electron chi connectivity index (χ1n) is 9.65. The topological polar surface area (TPSA) is 109 Å². The molecule has 0 saturated heterocycles. The van der Waals surface area contributed by atoms with Gasteiger partial charge in [-0.15, -0.1) is 0 Å². The average molecular weight is 365 g/mol. The van der Waals surface area contributed by atoms with E-state index in [9.17, 15) is 9.59 Å². The molecule has 8 heteroatoms. The molecule has 1 aromatic rings. The van der Waals surface area contributed by atoms with Crippen LogP contribution in [0.3, 0.4) is 0 Å². The van der Waals surface area contributed by atoms with Crippen molar-refractivity contribution in [2.24, 2.45) is 0 Å². The molecule has 1 aliphatic carbocycles. The summed E-state index contributed by atoms with van der Waals surface area (Å²) in [4.78, 5) is 28.1. The second-order valence-corrected chi connectivity index (χ2v) is 6.89. The Kier molecular flexibility index (Phi) is 8.03. The minimum atomic E-state index is -0.543. The third-order valence-electron chi connectivity index (χ3n) is 4.71. The molecule has 26 heavy (non-hydrogen) atoms. The molecule has 0 aliphatic heterocycles. The summed E-state index contributed by atoms with van der Waals surface area (Å²) in [5, 5.41) is 13.2. The van der Waals surface area contributed by atoms with Crippen LogP contribution in [0.5, 0.6) is 0 Å². The Bertz CT molecular complexity index is 579. The number of nitrogens with one attached hydrogen (secondary N) is 3. The lowest BCUT2D eigenvalue weighted by Gasteiger charge is -2.30. The number of hydrogen-bond acceptors (Lipinski definition) is 6.